The maximum Gasteiger partial charge on any atom is 3.00 e. The number of carboxylic acid groups (broad SMARTS) is 2. The summed E-state index contributed by atoms with van der Waals surface area (Å²) in [5.74, 6) is -2.11. The van der Waals surface area contributed by atoms with Crippen LogP contribution in [0.15, 0.2) is 65.9 Å². The van der Waals surface area contributed by atoms with E-state index in [0.717, 1.165) is 55.7 Å². The quantitative estimate of drug-likeness (QED) is 0.184. The van der Waals surface area contributed by atoms with Crippen molar-refractivity contribution in [3.05, 3.63) is 94.4 Å². The molecule has 0 fully saturated rings. The molecule has 0 saturated carbocycles. The molecular formula is C29H33N5Ni2O5S+. The molecule has 42 heavy (non-hydrogen) atoms. The summed E-state index contributed by atoms with van der Waals surface area (Å²) in [7, 11) is 2.03. The van der Waals surface area contributed by atoms with Crippen LogP contribution in [-0.2, 0) is 62.0 Å². The predicted octanol–water partition coefficient (Wildman–Crippen LogP) is 1.36. The molecule has 0 saturated heterocycles. The standard InChI is InChI=1S/C24H28N4O.2C2H4O2.CNS.2Ni/c1-19-15-20(17-25-13-9-22-7-3-5-11-26-22)24(29)21(16-19)18-28(2)14-10-23-8-4-6-12-27-23;2*1-2(3)4;2-1-3;;/h3-8,11-12,15-17,29H,9-10,13-14,18H2,1-2H3;2*1H3,(H,3,4);;;/q;;;-1;+2;+3/p-3. The molecule has 1 aromatic carbocycles. The molecule has 3 aromatic rings. The molecule has 0 aliphatic carbocycles. The van der Waals surface area contributed by atoms with E-state index < -0.39 is 11.9 Å². The largest absolute Gasteiger partial charge is 3.00 e. The van der Waals surface area contributed by atoms with Crippen LogP contribution in [0.5, 0.6) is 5.75 Å². The molecule has 0 bridgehead atoms. The summed E-state index contributed by atoms with van der Waals surface area (Å²) in [4.78, 5) is 33.0. The maximum atomic E-state index is 12.9. The van der Waals surface area contributed by atoms with Crippen molar-refractivity contribution < 1.29 is 57.9 Å². The summed E-state index contributed by atoms with van der Waals surface area (Å²) >= 11 is 3.70. The zero-order valence-electron chi connectivity index (χ0n) is 23.7. The fourth-order valence-corrected chi connectivity index (χ4v) is 3.20. The van der Waals surface area contributed by atoms with Crippen LogP contribution in [0.4, 0.5) is 0 Å². The van der Waals surface area contributed by atoms with E-state index in [9.17, 15) is 5.11 Å². The molecule has 0 unspecified atom stereocenters. The monoisotopic (exact) mass is 679 g/mol. The number of aliphatic carboxylic acids is 2. The van der Waals surface area contributed by atoms with Crippen molar-refractivity contribution in [1.29, 1.82) is 0 Å². The van der Waals surface area contributed by atoms with E-state index in [1.807, 2.05) is 68.7 Å². The molecule has 0 N–H and O–H groups in total. The second-order valence-electron chi connectivity index (χ2n) is 8.33. The second kappa shape index (κ2) is 26.6. The van der Waals surface area contributed by atoms with Gasteiger partial charge >= 0.3 is 33.0 Å². The maximum absolute atomic E-state index is 12.9. The van der Waals surface area contributed by atoms with Crippen molar-refractivity contribution in [2.75, 3.05) is 20.1 Å². The molecule has 0 aliphatic heterocycles. The van der Waals surface area contributed by atoms with E-state index in [2.05, 4.69) is 32.1 Å². The van der Waals surface area contributed by atoms with Crippen LogP contribution >= 0.6 is 12.2 Å². The summed E-state index contributed by atoms with van der Waals surface area (Å²) in [6, 6.07) is 15.7. The van der Waals surface area contributed by atoms with Gasteiger partial charge in [-0.25, -0.2) is 0 Å². The smallest absolute Gasteiger partial charge is 0.872 e. The molecule has 0 amide bonds. The van der Waals surface area contributed by atoms with Crippen LogP contribution in [0.3, 0.4) is 0 Å². The summed E-state index contributed by atoms with van der Waals surface area (Å²) in [6.45, 7) is 6.03. The van der Waals surface area contributed by atoms with E-state index >= 15 is 0 Å². The number of nitrogens with zero attached hydrogens (tertiary/aromatic N) is 5. The Morgan fingerprint density at radius 3 is 1.95 bits per heavy atom. The molecule has 0 atom stereocenters. The zero-order chi connectivity index (χ0) is 30.3. The first-order valence-corrected chi connectivity index (χ1v) is 12.6. The van der Waals surface area contributed by atoms with E-state index in [0.29, 0.717) is 18.7 Å². The Morgan fingerprint density at radius 2 is 1.50 bits per heavy atom. The van der Waals surface area contributed by atoms with Gasteiger partial charge in [0.25, 0.3) is 0 Å². The second-order valence-corrected chi connectivity index (χ2v) is 8.51. The number of hydrogen-bond acceptors (Lipinski definition) is 10. The Balaban J connectivity index is -0.00000101. The third-order valence-corrected chi connectivity index (χ3v) is 4.71. The van der Waals surface area contributed by atoms with Crippen LogP contribution < -0.4 is 15.3 Å². The van der Waals surface area contributed by atoms with Gasteiger partial charge in [0, 0.05) is 74.4 Å². The number of rotatable bonds is 9. The number of likely N-dealkylation sites (N-methyl/N-ethyl adjacent to an activating group) is 1. The minimum absolute atomic E-state index is 0. The number of pyridine rings is 2. The van der Waals surface area contributed by atoms with Crippen molar-refractivity contribution in [1.82, 2.24) is 14.9 Å². The van der Waals surface area contributed by atoms with Gasteiger partial charge in [0.2, 0.25) is 0 Å². The van der Waals surface area contributed by atoms with Gasteiger partial charge in [0.05, 0.1) is 0 Å². The number of carbonyl (C=O) groups excluding carboxylic acids is 2. The predicted molar refractivity (Wildman–Crippen MR) is 153 cm³/mol. The van der Waals surface area contributed by atoms with Gasteiger partial charge in [-0.2, -0.15) is 5.16 Å². The van der Waals surface area contributed by atoms with Crippen LogP contribution in [0.25, 0.3) is 5.41 Å². The summed E-state index contributed by atoms with van der Waals surface area (Å²) < 4.78 is 0. The Kier molecular flexibility index (Phi) is 27.3. The van der Waals surface area contributed by atoms with Crippen LogP contribution in [-0.4, -0.2) is 58.3 Å². The Bertz CT molecular complexity index is 1210. The van der Waals surface area contributed by atoms with Crippen molar-refractivity contribution >= 4 is 35.5 Å². The number of aliphatic imine (C=N–C) groups is 1. The Hall–Kier alpha value is -3.32. The number of benzene rings is 1. The molecule has 0 aliphatic rings. The number of aromatic nitrogens is 2. The van der Waals surface area contributed by atoms with Crippen LogP contribution in [0.2, 0.25) is 0 Å². The van der Waals surface area contributed by atoms with Crippen molar-refractivity contribution in [2.24, 2.45) is 4.99 Å². The molecule has 2 heterocycles. The van der Waals surface area contributed by atoms with E-state index in [-0.39, 0.29) is 38.7 Å². The van der Waals surface area contributed by atoms with Gasteiger partial charge in [0.15, 0.2) is 0 Å². The number of carbonyl (C=O) groups is 2. The minimum atomic E-state index is -1.08. The van der Waals surface area contributed by atoms with Gasteiger partial charge in [0.1, 0.15) is 0 Å². The molecule has 3 rings (SSSR count). The van der Waals surface area contributed by atoms with E-state index in [1.165, 1.54) is 5.16 Å². The molecule has 2 aromatic heterocycles. The molecule has 1 radical (unpaired) electrons. The molecule has 10 nitrogen and oxygen atoms in total. The van der Waals surface area contributed by atoms with Crippen LogP contribution in [0.1, 0.15) is 41.9 Å². The summed E-state index contributed by atoms with van der Waals surface area (Å²) in [6.07, 6.45) is 6.92. The van der Waals surface area contributed by atoms with Gasteiger partial charge < -0.3 is 35.2 Å². The third kappa shape index (κ3) is 23.4. The van der Waals surface area contributed by atoms with Gasteiger partial charge in [-0.1, -0.05) is 47.8 Å². The van der Waals surface area contributed by atoms with Crippen LogP contribution in [0, 0.1) is 6.92 Å². The molecule has 229 valence electrons. The first-order valence-electron chi connectivity index (χ1n) is 12.1. The average molecular weight is 681 g/mol. The normalized spacial score (nSPS) is 9.26. The SMILES string of the molecule is CC(=O)[O-].CC(=O)[O-].Cc1cc(C=NCCc2ccccn2)c([O-])c(CN(C)CCc2ccccn2)c1.[N-]=C=S.[Ni+2].[Ni+3]. The molecule has 13 heteroatoms. The number of aryl methyl sites for hydroxylation is 1. The third-order valence-electron chi connectivity index (χ3n) is 4.71. The Morgan fingerprint density at radius 1 is 1.02 bits per heavy atom. The topological polar surface area (TPSA) is 167 Å². The van der Waals surface area contributed by atoms with E-state index in [4.69, 9.17) is 25.2 Å². The van der Waals surface area contributed by atoms with Crippen molar-refractivity contribution in [3.8, 4) is 5.75 Å². The summed E-state index contributed by atoms with van der Waals surface area (Å²) in [5, 5.41) is 39.1. The average Bonchev–Trinajstić information content (AvgIpc) is 2.89. The first kappa shape index (κ1) is 43.1. The van der Waals surface area contributed by atoms with Gasteiger partial charge in [-0.3, -0.25) is 15.0 Å². The number of carboxylic acids is 2. The van der Waals surface area contributed by atoms with Crippen molar-refractivity contribution in [2.45, 2.75) is 40.2 Å². The summed E-state index contributed by atoms with van der Waals surface area (Å²) in [5.41, 5.74) is 4.60. The number of hydrogen-bond donors (Lipinski definition) is 0. The molecule has 0 spiro atoms. The number of thiocarbonyl (C=S) groups is 1. The fourth-order valence-electron chi connectivity index (χ4n) is 3.20. The van der Waals surface area contributed by atoms with Gasteiger partial charge in [-0.05, 0) is 63.2 Å². The van der Waals surface area contributed by atoms with E-state index in [1.54, 1.807) is 12.4 Å². The minimum Gasteiger partial charge on any atom is -0.872 e. The van der Waals surface area contributed by atoms with Gasteiger partial charge in [-0.15, -0.1) is 0 Å². The fraction of sp³-hybridized carbons (Fsp3) is 0.310. The van der Waals surface area contributed by atoms with Crippen molar-refractivity contribution in [3.63, 3.8) is 0 Å². The Labute approximate surface area is 272 Å². The zero-order valence-corrected chi connectivity index (χ0v) is 26.5. The first-order chi connectivity index (χ1) is 19.0. The number of isothiocyanates is 1. The molecular weight excluding hydrogens is 648 g/mol.